The summed E-state index contributed by atoms with van der Waals surface area (Å²) in [4.78, 5) is 27.5. The molecule has 32 heavy (non-hydrogen) atoms. The van der Waals surface area contributed by atoms with Gasteiger partial charge in [-0.05, 0) is 55.5 Å². The van der Waals surface area contributed by atoms with Crippen LogP contribution in [0.2, 0.25) is 0 Å². The number of carbonyl (C=O) groups excluding carboxylic acids is 2. The summed E-state index contributed by atoms with van der Waals surface area (Å²) in [7, 11) is 0. The number of hydrogen-bond acceptors (Lipinski definition) is 4. The molecular weight excluding hydrogens is 404 g/mol. The first kappa shape index (κ1) is 21.8. The predicted molar refractivity (Wildman–Crippen MR) is 122 cm³/mol. The summed E-state index contributed by atoms with van der Waals surface area (Å²) >= 11 is 0. The number of carbonyl (C=O) groups is 2. The summed E-state index contributed by atoms with van der Waals surface area (Å²) in [6, 6.07) is 5.97. The maximum atomic E-state index is 13.0. The van der Waals surface area contributed by atoms with Gasteiger partial charge >= 0.3 is 0 Å². The molecule has 168 valence electrons. The second-order valence-corrected chi connectivity index (χ2v) is 8.33. The van der Waals surface area contributed by atoms with Crippen molar-refractivity contribution in [1.82, 2.24) is 24.5 Å². The van der Waals surface area contributed by atoms with Gasteiger partial charge in [-0.25, -0.2) is 0 Å². The minimum atomic E-state index is -0.0619. The molecule has 0 saturated heterocycles. The molecule has 0 saturated carbocycles. The van der Waals surface area contributed by atoms with Crippen LogP contribution >= 0.6 is 0 Å². The van der Waals surface area contributed by atoms with E-state index in [0.717, 1.165) is 41.0 Å². The van der Waals surface area contributed by atoms with Crippen LogP contribution in [-0.4, -0.2) is 42.3 Å². The molecule has 1 N–H and O–H groups in total. The molecule has 0 spiro atoms. The quantitative estimate of drug-likeness (QED) is 0.620. The van der Waals surface area contributed by atoms with Crippen molar-refractivity contribution >= 4 is 17.5 Å². The van der Waals surface area contributed by atoms with E-state index in [1.165, 1.54) is 0 Å². The Labute approximate surface area is 188 Å². The van der Waals surface area contributed by atoms with Gasteiger partial charge < -0.3 is 10.2 Å². The Morgan fingerprint density at radius 2 is 1.69 bits per heavy atom. The fourth-order valence-corrected chi connectivity index (χ4v) is 4.22. The molecule has 0 fully saturated rings. The SMILES string of the molecule is CCn1cc(CC(=O)Nc2cccc3c2CC(C)N(C(=O)Cc2cnn(CC)c2)C3)cn1. The van der Waals surface area contributed by atoms with E-state index in [9.17, 15) is 9.59 Å². The zero-order valence-electron chi connectivity index (χ0n) is 18.9. The zero-order chi connectivity index (χ0) is 22.7. The average Bonchev–Trinajstić information content (AvgIpc) is 3.42. The Kier molecular flexibility index (Phi) is 6.39. The lowest BCUT2D eigenvalue weighted by Gasteiger charge is -2.36. The number of aryl methyl sites for hydroxylation is 2. The Balaban J connectivity index is 1.44. The molecule has 0 aliphatic carbocycles. The van der Waals surface area contributed by atoms with E-state index in [4.69, 9.17) is 0 Å². The van der Waals surface area contributed by atoms with Gasteiger partial charge in [0.25, 0.3) is 0 Å². The van der Waals surface area contributed by atoms with E-state index < -0.39 is 0 Å². The van der Waals surface area contributed by atoms with Crippen molar-refractivity contribution in [2.45, 2.75) is 65.7 Å². The molecule has 1 aliphatic rings. The molecule has 8 heteroatoms. The van der Waals surface area contributed by atoms with E-state index in [-0.39, 0.29) is 24.3 Å². The third-order valence-corrected chi connectivity index (χ3v) is 5.98. The highest BCUT2D eigenvalue weighted by Gasteiger charge is 2.28. The molecule has 2 amide bonds. The molecule has 8 nitrogen and oxygen atoms in total. The Morgan fingerprint density at radius 3 is 2.31 bits per heavy atom. The molecule has 1 aliphatic heterocycles. The number of aromatic nitrogens is 4. The third-order valence-electron chi connectivity index (χ3n) is 5.98. The summed E-state index contributed by atoms with van der Waals surface area (Å²) in [5.41, 5.74) is 4.85. The normalized spacial score (nSPS) is 15.5. The fraction of sp³-hybridized carbons (Fsp3) is 0.417. The zero-order valence-corrected chi connectivity index (χ0v) is 18.9. The average molecular weight is 435 g/mol. The van der Waals surface area contributed by atoms with Crippen LogP contribution in [-0.2, 0) is 48.5 Å². The fourth-order valence-electron chi connectivity index (χ4n) is 4.22. The largest absolute Gasteiger partial charge is 0.335 e. The van der Waals surface area contributed by atoms with Crippen molar-refractivity contribution in [1.29, 1.82) is 0 Å². The van der Waals surface area contributed by atoms with Gasteiger partial charge in [-0.2, -0.15) is 10.2 Å². The number of amides is 2. The third kappa shape index (κ3) is 4.74. The van der Waals surface area contributed by atoms with Gasteiger partial charge in [0.2, 0.25) is 11.8 Å². The lowest BCUT2D eigenvalue weighted by Crippen LogP contribution is -2.43. The van der Waals surface area contributed by atoms with Gasteiger partial charge in [-0.1, -0.05) is 12.1 Å². The minimum Gasteiger partial charge on any atom is -0.335 e. The first-order chi connectivity index (χ1) is 15.5. The number of rotatable bonds is 7. The molecule has 4 rings (SSSR count). The van der Waals surface area contributed by atoms with E-state index in [0.29, 0.717) is 19.4 Å². The molecule has 1 aromatic carbocycles. The van der Waals surface area contributed by atoms with E-state index in [1.807, 2.05) is 58.7 Å². The molecule has 3 heterocycles. The maximum absolute atomic E-state index is 13.0. The van der Waals surface area contributed by atoms with Crippen LogP contribution in [0.3, 0.4) is 0 Å². The smallest absolute Gasteiger partial charge is 0.228 e. The number of nitrogens with one attached hydrogen (secondary N) is 1. The van der Waals surface area contributed by atoms with Crippen LogP contribution in [0.5, 0.6) is 0 Å². The minimum absolute atomic E-state index is 0.0528. The number of fused-ring (bicyclic) bond motifs is 1. The predicted octanol–water partition coefficient (Wildman–Crippen LogP) is 2.82. The van der Waals surface area contributed by atoms with Crippen molar-refractivity contribution < 1.29 is 9.59 Å². The molecule has 1 unspecified atom stereocenters. The second-order valence-electron chi connectivity index (χ2n) is 8.33. The van der Waals surface area contributed by atoms with Crippen molar-refractivity contribution in [2.24, 2.45) is 0 Å². The molecular formula is C24H30N6O2. The van der Waals surface area contributed by atoms with Gasteiger partial charge in [0.1, 0.15) is 0 Å². The topological polar surface area (TPSA) is 85.0 Å². The van der Waals surface area contributed by atoms with Crippen LogP contribution in [0.25, 0.3) is 0 Å². The summed E-state index contributed by atoms with van der Waals surface area (Å²) in [5, 5.41) is 11.6. The van der Waals surface area contributed by atoms with Gasteiger partial charge in [0.05, 0.1) is 25.2 Å². The number of hydrogen-bond donors (Lipinski definition) is 1. The van der Waals surface area contributed by atoms with Crippen molar-refractivity contribution in [3.05, 3.63) is 65.2 Å². The standard InChI is InChI=1S/C24H30N6O2/c1-4-28-14-18(12-25-28)10-23(31)27-22-8-6-7-20-16-30(17(3)9-21(20)22)24(32)11-19-13-26-29(5-2)15-19/h6-8,12-15,17H,4-5,9-11,16H2,1-3H3,(H,27,31). The van der Waals surface area contributed by atoms with E-state index >= 15 is 0 Å². The maximum Gasteiger partial charge on any atom is 0.228 e. The lowest BCUT2D eigenvalue weighted by molar-refractivity contribution is -0.133. The molecule has 1 atom stereocenters. The summed E-state index contributed by atoms with van der Waals surface area (Å²) < 4.78 is 3.65. The number of benzene rings is 1. The van der Waals surface area contributed by atoms with Crippen molar-refractivity contribution in [3.8, 4) is 0 Å². The summed E-state index contributed by atoms with van der Waals surface area (Å²) in [5.74, 6) is 0.0364. The Morgan fingerprint density at radius 1 is 1.03 bits per heavy atom. The Hall–Kier alpha value is -3.42. The van der Waals surface area contributed by atoms with Gasteiger partial charge in [0, 0.05) is 43.8 Å². The second kappa shape index (κ2) is 9.38. The first-order valence-corrected chi connectivity index (χ1v) is 11.2. The molecule has 0 bridgehead atoms. The van der Waals surface area contributed by atoms with Crippen LogP contribution in [0.1, 0.15) is 43.0 Å². The first-order valence-electron chi connectivity index (χ1n) is 11.2. The summed E-state index contributed by atoms with van der Waals surface area (Å²) in [6.45, 7) is 8.22. The highest BCUT2D eigenvalue weighted by Crippen LogP contribution is 2.30. The van der Waals surface area contributed by atoms with E-state index in [2.05, 4.69) is 22.4 Å². The highest BCUT2D eigenvalue weighted by atomic mass is 16.2. The van der Waals surface area contributed by atoms with Crippen LogP contribution in [0, 0.1) is 0 Å². The van der Waals surface area contributed by atoms with Crippen LogP contribution < -0.4 is 5.32 Å². The number of anilines is 1. The summed E-state index contributed by atoms with van der Waals surface area (Å²) in [6.07, 6.45) is 8.67. The van der Waals surface area contributed by atoms with E-state index in [1.54, 1.807) is 12.4 Å². The van der Waals surface area contributed by atoms with Crippen LogP contribution in [0.15, 0.2) is 43.0 Å². The van der Waals surface area contributed by atoms with Crippen molar-refractivity contribution in [2.75, 3.05) is 5.32 Å². The monoisotopic (exact) mass is 434 g/mol. The lowest BCUT2D eigenvalue weighted by atomic mass is 9.92. The molecule has 2 aromatic heterocycles. The molecule has 0 radical (unpaired) electrons. The van der Waals surface area contributed by atoms with Crippen LogP contribution in [0.4, 0.5) is 5.69 Å². The highest BCUT2D eigenvalue weighted by molar-refractivity contribution is 5.93. The van der Waals surface area contributed by atoms with Crippen molar-refractivity contribution in [3.63, 3.8) is 0 Å². The Bertz CT molecular complexity index is 1120. The number of nitrogens with zero attached hydrogens (tertiary/aromatic N) is 5. The van der Waals surface area contributed by atoms with Gasteiger partial charge in [-0.15, -0.1) is 0 Å². The van der Waals surface area contributed by atoms with Gasteiger partial charge in [-0.3, -0.25) is 19.0 Å². The molecule has 3 aromatic rings. The van der Waals surface area contributed by atoms with Gasteiger partial charge in [0.15, 0.2) is 0 Å².